The van der Waals surface area contributed by atoms with Gasteiger partial charge in [0.2, 0.25) is 0 Å². The van der Waals surface area contributed by atoms with Crippen LogP contribution in [0.1, 0.15) is 334 Å². The van der Waals surface area contributed by atoms with Crippen LogP contribution in [0.3, 0.4) is 0 Å². The molecule has 0 saturated heterocycles. The van der Waals surface area contributed by atoms with Gasteiger partial charge in [0, 0.05) is 118 Å². The minimum atomic E-state index is -2.54. The van der Waals surface area contributed by atoms with Gasteiger partial charge in [-0.2, -0.15) is 0 Å². The van der Waals surface area contributed by atoms with E-state index in [1.165, 1.54) is 261 Å². The summed E-state index contributed by atoms with van der Waals surface area (Å²) >= 11 is 24.0. The third kappa shape index (κ3) is 23.8. The van der Waals surface area contributed by atoms with Crippen LogP contribution in [-0.4, -0.2) is 94.8 Å². The molecular weight excluding hydrogens is 2420 g/mol. The fraction of sp³-hybridized carbons (Fsp3) is 0.413. The number of nitrogens with zero attached hydrogens (tertiary/aromatic N) is 2. The molecule has 4 aromatic carbocycles. The normalized spacial score (nSPS) is 13.7. The molecule has 0 atom stereocenters. The monoisotopic (exact) mass is 2560 g/mol. The number of carbonyl (C=O) groups is 6. The second kappa shape index (κ2) is 50.0. The van der Waals surface area contributed by atoms with Gasteiger partial charge in [0.1, 0.15) is 0 Å². The third-order valence-corrected chi connectivity index (χ3v) is 64.5. The molecule has 12 aromatic heterocycles. The van der Waals surface area contributed by atoms with Crippen molar-refractivity contribution in [2.45, 2.75) is 318 Å². The molecule has 24 heteroatoms. The molecule has 0 bridgehead atoms. The van der Waals surface area contributed by atoms with Gasteiger partial charge in [-0.1, -0.05) is 143 Å². The number of imide groups is 2. The minimum absolute atomic E-state index is 0.0900. The van der Waals surface area contributed by atoms with Gasteiger partial charge < -0.3 is 0 Å². The number of hydrogen-bond donors (Lipinski definition) is 0. The van der Waals surface area contributed by atoms with Gasteiger partial charge in [0.25, 0.3) is 23.6 Å². The van der Waals surface area contributed by atoms with Crippen molar-refractivity contribution >= 4 is 308 Å². The van der Waals surface area contributed by atoms with Crippen LogP contribution < -0.4 is 26.7 Å². The number of unbranched alkanes of at least 4 members (excludes halogenated alkanes) is 22. The molecular formula is C126H142Br2N2O6S12Sn2. The number of fused-ring (bicyclic) bond motifs is 14. The van der Waals surface area contributed by atoms with E-state index in [2.05, 4.69) is 241 Å². The Hall–Kier alpha value is -6.02. The van der Waals surface area contributed by atoms with Gasteiger partial charge in [-0.25, -0.2) is 0 Å². The Balaban J connectivity index is 0.000000166. The maximum atomic E-state index is 16.2. The number of aryl methyl sites for hydroxylation is 10. The Morgan fingerprint density at radius 3 is 0.880 bits per heavy atom. The number of hydrogen-bond acceptors (Lipinski definition) is 18. The van der Waals surface area contributed by atoms with Crippen LogP contribution in [0.2, 0.25) is 29.6 Å². The standard InChI is InChI=1S/C61H65NO3S6.C43H40OS6.C16H19Br2NO2.6CH3.2Sn/c1-8-11-14-17-18-21-30-62-60(64)50-35(4)24-27-41(51(50)61(62)65)57-40(23-20-16-13-10-3)32-49(71-57)53-55-54(52(56(53)63)48-31-39(38(7)68-48)22-19-15-12-9-2)58-42(33-46(69-58)44-28-25-36(5)66-44)43-34-47(70-59(43)55)45-29-26-37(6)67-45;1-5-7-9-11-13-27-19-35(45-23-27)37-39-40(38(41(37)44)36-20-28(24-46-36)14-12-10-8-6-2)43-30(22-34(50-43)32-18-16-26(4)48-32)29-21-33(49-42(29)39)31-17-15-25(3)47-31;1-2-3-4-5-6-7-10-19-15(20)13-11(17)8-9-12(18)14(13)16(19)21;;;;;;;;/h24-29,31-34H,8-23,30H2,1-7H3;15-22H,5-14H2,1-4H3;8-9H,2-7,10H2,1H3;6*1H3;;. The fourth-order valence-corrected chi connectivity index (χ4v) is 50.6. The number of thiophene rings is 12. The summed E-state index contributed by atoms with van der Waals surface area (Å²) in [5.41, 5.74) is 12.9. The van der Waals surface area contributed by atoms with Crippen molar-refractivity contribution in [3.63, 3.8) is 0 Å². The Morgan fingerprint density at radius 2 is 0.547 bits per heavy atom. The molecule has 16 aromatic rings. The molecule has 786 valence electrons. The number of benzene rings is 4. The summed E-state index contributed by atoms with van der Waals surface area (Å²) in [4.78, 5) is 126. The van der Waals surface area contributed by atoms with Crippen molar-refractivity contribution in [3.05, 3.63) is 245 Å². The van der Waals surface area contributed by atoms with E-state index < -0.39 is 36.8 Å². The van der Waals surface area contributed by atoms with Crippen LogP contribution in [0, 0.1) is 41.5 Å². The van der Waals surface area contributed by atoms with Crippen LogP contribution in [-0.2, 0) is 35.3 Å². The SMILES string of the molecule is CCCCCCCCN1C(=O)c2c(Br)ccc(Br)c2C1=O.CCCCCCCCN1C(=O)c2c(C)ccc(-c3sc(C4=c5c(c6sc(-c7ccc(C)s7)cc6c6cc(-c7ccc(C)s7)sc56)=C(c5cc(CCCCCC)c(C)s5)C4=O)cc3CCCCCC)c2C1=O.CCCCCCc1cc(C2=c3c(c4sc(-c5ccc(C)s5)cc4c4cc(-c5ccc(C)s5)sc34)=C(c3cc(CCCCCC)[c]([Sn]([CH3])([CH3])[CH3])s3)C2=O)s[c]1[Sn]([CH3])([CH3])[CH3]. The zero-order chi connectivity index (χ0) is 106. The van der Waals surface area contributed by atoms with Crippen LogP contribution in [0.15, 0.2) is 130 Å². The molecule has 0 radical (unpaired) electrons. The molecule has 4 amide bonds. The van der Waals surface area contributed by atoms with Crippen molar-refractivity contribution in [2.75, 3.05) is 13.1 Å². The van der Waals surface area contributed by atoms with Gasteiger partial charge in [0.05, 0.1) is 22.3 Å². The molecule has 0 N–H and O–H groups in total. The topological polar surface area (TPSA) is 109 Å². The van der Waals surface area contributed by atoms with E-state index in [1.807, 2.05) is 126 Å². The zero-order valence-electron chi connectivity index (χ0n) is 90.6. The van der Waals surface area contributed by atoms with E-state index in [0.717, 1.165) is 159 Å². The average molecular weight is 2560 g/mol. The summed E-state index contributed by atoms with van der Waals surface area (Å²) in [6.07, 6.45) is 36.8. The van der Waals surface area contributed by atoms with E-state index >= 15 is 9.59 Å². The molecule has 0 fully saturated rings. The zero-order valence-corrected chi connectivity index (χ0v) is 109. The van der Waals surface area contributed by atoms with E-state index in [-0.39, 0.29) is 35.2 Å². The summed E-state index contributed by atoms with van der Waals surface area (Å²) in [5.74, 6) is -0.364. The van der Waals surface area contributed by atoms with Crippen LogP contribution in [0.5, 0.6) is 0 Å². The summed E-state index contributed by atoms with van der Waals surface area (Å²) in [7, 11) is 0. The molecule has 2 aliphatic heterocycles. The summed E-state index contributed by atoms with van der Waals surface area (Å²) in [5, 5.41) is 9.60. The molecule has 4 aliphatic rings. The van der Waals surface area contributed by atoms with Crippen molar-refractivity contribution in [3.8, 4) is 49.5 Å². The van der Waals surface area contributed by atoms with Crippen molar-refractivity contribution in [1.82, 2.24) is 9.80 Å². The first-order chi connectivity index (χ1) is 72.2. The van der Waals surface area contributed by atoms with Gasteiger partial charge in [-0.3, -0.25) is 33.8 Å². The molecule has 0 spiro atoms. The Kier molecular flexibility index (Phi) is 37.9. The van der Waals surface area contributed by atoms with E-state index in [4.69, 9.17) is 0 Å². The second-order valence-corrected chi connectivity index (χ2v) is 89.7. The quantitative estimate of drug-likeness (QED) is 0.0214. The molecule has 150 heavy (non-hydrogen) atoms. The van der Waals surface area contributed by atoms with Gasteiger partial charge in [-0.15, -0.1) is 68.0 Å². The number of amides is 4. The van der Waals surface area contributed by atoms with Gasteiger partial charge in [-0.05, 0) is 175 Å². The summed E-state index contributed by atoms with van der Waals surface area (Å²) in [6.45, 7) is 27.4. The van der Waals surface area contributed by atoms with Crippen LogP contribution in [0.25, 0.3) is 112 Å². The second-order valence-electron chi connectivity index (χ2n) is 43.6. The van der Waals surface area contributed by atoms with E-state index in [0.29, 0.717) is 44.3 Å². The first kappa shape index (κ1) is 114. The van der Waals surface area contributed by atoms with E-state index in [1.54, 1.807) is 40.6 Å². The van der Waals surface area contributed by atoms with Crippen LogP contribution in [0.4, 0.5) is 0 Å². The number of halogens is 2. The van der Waals surface area contributed by atoms with E-state index in [9.17, 15) is 19.2 Å². The average Bonchev–Trinajstić information content (AvgIpc) is 1.53. The van der Waals surface area contributed by atoms with Crippen molar-refractivity contribution < 1.29 is 28.8 Å². The predicted molar refractivity (Wildman–Crippen MR) is 674 cm³/mol. The molecule has 0 unspecified atom stereocenters. The number of ketones is 2. The molecule has 8 nitrogen and oxygen atoms in total. The number of Topliss-reactive ketones (excluding diaryl/α,β-unsaturated/α-hetero) is 2. The first-order valence-electron chi connectivity index (χ1n) is 55.0. The predicted octanol–water partition coefficient (Wildman–Crippen LogP) is 37.6. The molecule has 2 aliphatic carbocycles. The number of rotatable bonds is 45. The molecule has 20 rings (SSSR count). The maximum absolute atomic E-state index is 16.2. The molecule has 0 saturated carbocycles. The Labute approximate surface area is 961 Å². The van der Waals surface area contributed by atoms with Crippen molar-refractivity contribution in [2.24, 2.45) is 0 Å². The third-order valence-electron chi connectivity index (χ3n) is 29.8. The molecule has 14 heterocycles. The Morgan fingerprint density at radius 1 is 0.260 bits per heavy atom. The van der Waals surface area contributed by atoms with Crippen molar-refractivity contribution in [1.29, 1.82) is 0 Å². The first-order valence-corrected chi connectivity index (χ1v) is 86.4. The number of carbonyl (C=O) groups excluding carboxylic acids is 6. The van der Waals surface area contributed by atoms with Crippen LogP contribution >= 0.6 is 168 Å². The Bertz CT molecular complexity index is 7880. The van der Waals surface area contributed by atoms with Gasteiger partial charge in [0.15, 0.2) is 5.78 Å². The van der Waals surface area contributed by atoms with Gasteiger partial charge >= 0.3 is 383 Å². The summed E-state index contributed by atoms with van der Waals surface area (Å²) < 4.78 is 9.59. The fourth-order valence-electron chi connectivity index (χ4n) is 22.1. The summed E-state index contributed by atoms with van der Waals surface area (Å²) in [6, 6.07) is 45.1.